The number of rotatable bonds is 5. The summed E-state index contributed by atoms with van der Waals surface area (Å²) in [5, 5.41) is 0.0910. The largest absolute Gasteiger partial charge is 0.472 e. The maximum atomic E-state index is 13.1. The van der Waals surface area contributed by atoms with Crippen molar-refractivity contribution in [2.75, 3.05) is 13.2 Å². The van der Waals surface area contributed by atoms with Gasteiger partial charge in [0, 0.05) is 23.5 Å². The molecule has 1 aromatic carbocycles. The van der Waals surface area contributed by atoms with Gasteiger partial charge in [0.25, 0.3) is 0 Å². The van der Waals surface area contributed by atoms with Gasteiger partial charge < -0.3 is 14.0 Å². The summed E-state index contributed by atoms with van der Waals surface area (Å²) in [6.07, 6.45) is -1.90. The van der Waals surface area contributed by atoms with Crippen LogP contribution in [0.15, 0.2) is 36.7 Å². The van der Waals surface area contributed by atoms with Crippen molar-refractivity contribution in [3.63, 3.8) is 0 Å². The summed E-state index contributed by atoms with van der Waals surface area (Å²) in [4.78, 5) is 11.7. The molecule has 3 aromatic rings. The van der Waals surface area contributed by atoms with E-state index in [9.17, 15) is 13.2 Å². The first-order valence-corrected chi connectivity index (χ1v) is 9.14. The molecule has 0 aliphatic carbocycles. The van der Waals surface area contributed by atoms with Crippen molar-refractivity contribution in [2.45, 2.75) is 25.7 Å². The quantitative estimate of drug-likeness (QED) is 0.565. The van der Waals surface area contributed by atoms with Gasteiger partial charge >= 0.3 is 6.18 Å². The van der Waals surface area contributed by atoms with Crippen LogP contribution in [0.1, 0.15) is 22.9 Å². The number of ether oxygens (including phenoxy) is 2. The monoisotopic (exact) mass is 424 g/mol. The number of hydrogen-bond donors (Lipinski definition) is 0. The van der Waals surface area contributed by atoms with E-state index in [1.165, 1.54) is 4.57 Å². The highest BCUT2D eigenvalue weighted by molar-refractivity contribution is 6.28. The molecule has 0 radical (unpaired) electrons. The van der Waals surface area contributed by atoms with Gasteiger partial charge in [-0.1, -0.05) is 24.3 Å². The van der Waals surface area contributed by atoms with Crippen LogP contribution in [-0.4, -0.2) is 32.7 Å². The van der Waals surface area contributed by atoms with Crippen molar-refractivity contribution < 1.29 is 22.6 Å². The van der Waals surface area contributed by atoms with E-state index in [1.54, 1.807) is 37.4 Å². The number of alkyl halides is 3. The first-order valence-electron chi connectivity index (χ1n) is 8.76. The third-order valence-electron chi connectivity index (χ3n) is 4.52. The molecule has 0 atom stereocenters. The molecule has 0 spiro atoms. The molecule has 3 heterocycles. The summed E-state index contributed by atoms with van der Waals surface area (Å²) < 4.78 is 51.7. The van der Waals surface area contributed by atoms with E-state index in [2.05, 4.69) is 15.0 Å². The van der Waals surface area contributed by atoms with Gasteiger partial charge in [0.1, 0.15) is 12.4 Å². The second-order valence-corrected chi connectivity index (χ2v) is 7.00. The van der Waals surface area contributed by atoms with Crippen molar-refractivity contribution in [1.82, 2.24) is 19.5 Å². The average molecular weight is 425 g/mol. The fourth-order valence-corrected chi connectivity index (χ4v) is 2.99. The van der Waals surface area contributed by atoms with Crippen LogP contribution in [0, 0.1) is 6.92 Å². The minimum Gasteiger partial charge on any atom is -0.472 e. The molecular formula is C19H16ClF3N4O2. The summed E-state index contributed by atoms with van der Waals surface area (Å²) in [5.74, 6) is 0.640. The van der Waals surface area contributed by atoms with Crippen molar-refractivity contribution in [1.29, 1.82) is 0 Å². The standard InChI is InChI=1S/C19H16ClF3N4O2/c1-11-6-24-18(20)26-17(11)29-8-12-2-4-13(5-3-12)16-25-15(19(21,22)23)7-27(16)14-9-28-10-14/h2-7,14H,8-10H2,1H3. The molecule has 29 heavy (non-hydrogen) atoms. The number of benzene rings is 1. The fourth-order valence-electron chi connectivity index (χ4n) is 2.86. The minimum atomic E-state index is -4.50. The van der Waals surface area contributed by atoms with Gasteiger partial charge in [-0.15, -0.1) is 0 Å². The number of aryl methyl sites for hydroxylation is 1. The zero-order chi connectivity index (χ0) is 20.6. The summed E-state index contributed by atoms with van der Waals surface area (Å²) in [6, 6.07) is 6.84. The van der Waals surface area contributed by atoms with Crippen LogP contribution in [-0.2, 0) is 17.5 Å². The molecule has 1 saturated heterocycles. The van der Waals surface area contributed by atoms with E-state index in [0.717, 1.165) is 17.3 Å². The van der Waals surface area contributed by atoms with Crippen LogP contribution < -0.4 is 4.74 Å². The molecule has 0 amide bonds. The Labute approximate surface area is 169 Å². The van der Waals surface area contributed by atoms with Crippen molar-refractivity contribution in [2.24, 2.45) is 0 Å². The van der Waals surface area contributed by atoms with Crippen molar-refractivity contribution in [3.05, 3.63) is 58.8 Å². The third-order valence-corrected chi connectivity index (χ3v) is 4.70. The van der Waals surface area contributed by atoms with Crippen molar-refractivity contribution in [3.8, 4) is 17.3 Å². The average Bonchev–Trinajstić information content (AvgIpc) is 3.06. The van der Waals surface area contributed by atoms with Crippen LogP contribution in [0.4, 0.5) is 13.2 Å². The van der Waals surface area contributed by atoms with E-state index in [0.29, 0.717) is 24.7 Å². The molecule has 6 nitrogen and oxygen atoms in total. The van der Waals surface area contributed by atoms with Gasteiger partial charge in [0.05, 0.1) is 19.3 Å². The Kier molecular flexibility index (Phi) is 5.18. The third kappa shape index (κ3) is 4.20. The zero-order valence-electron chi connectivity index (χ0n) is 15.3. The molecule has 152 valence electrons. The Morgan fingerprint density at radius 1 is 1.21 bits per heavy atom. The van der Waals surface area contributed by atoms with Gasteiger partial charge in [-0.05, 0) is 24.1 Å². The Morgan fingerprint density at radius 2 is 1.93 bits per heavy atom. The van der Waals surface area contributed by atoms with Crippen LogP contribution in [0.2, 0.25) is 5.28 Å². The molecule has 2 aromatic heterocycles. The molecule has 1 aliphatic heterocycles. The Hall–Kier alpha value is -2.65. The fraction of sp³-hybridized carbons (Fsp3) is 0.316. The van der Waals surface area contributed by atoms with E-state index in [-0.39, 0.29) is 23.8 Å². The molecule has 0 unspecified atom stereocenters. The predicted octanol–water partition coefficient (Wildman–Crippen LogP) is 4.47. The predicted molar refractivity (Wildman–Crippen MR) is 98.6 cm³/mol. The molecule has 4 rings (SSSR count). The van der Waals surface area contributed by atoms with Gasteiger partial charge in [-0.25, -0.2) is 9.97 Å². The van der Waals surface area contributed by atoms with Gasteiger partial charge in [0.15, 0.2) is 5.69 Å². The van der Waals surface area contributed by atoms with Crippen LogP contribution in [0.25, 0.3) is 11.4 Å². The van der Waals surface area contributed by atoms with Gasteiger partial charge in [-0.2, -0.15) is 18.2 Å². The Balaban J connectivity index is 1.54. The smallest absolute Gasteiger partial charge is 0.434 e. The topological polar surface area (TPSA) is 62.1 Å². The van der Waals surface area contributed by atoms with Crippen LogP contribution >= 0.6 is 11.6 Å². The molecule has 1 fully saturated rings. The van der Waals surface area contributed by atoms with E-state index in [4.69, 9.17) is 21.1 Å². The molecule has 0 bridgehead atoms. The lowest BCUT2D eigenvalue weighted by molar-refractivity contribution is -0.141. The normalized spacial score (nSPS) is 14.7. The van der Waals surface area contributed by atoms with Gasteiger partial charge in [-0.3, -0.25) is 0 Å². The minimum absolute atomic E-state index is 0.0910. The lowest BCUT2D eigenvalue weighted by Gasteiger charge is -2.28. The highest BCUT2D eigenvalue weighted by Gasteiger charge is 2.36. The molecule has 0 saturated carbocycles. The second kappa shape index (κ2) is 7.64. The number of halogens is 4. The highest BCUT2D eigenvalue weighted by atomic mass is 35.5. The molecule has 10 heteroatoms. The van der Waals surface area contributed by atoms with E-state index in [1.807, 2.05) is 0 Å². The van der Waals surface area contributed by atoms with E-state index >= 15 is 0 Å². The first-order chi connectivity index (χ1) is 13.8. The number of nitrogens with zero attached hydrogens (tertiary/aromatic N) is 4. The SMILES string of the molecule is Cc1cnc(Cl)nc1OCc1ccc(-c2nc(C(F)(F)F)cn2C2COC2)cc1. The van der Waals surface area contributed by atoms with Gasteiger partial charge in [0.2, 0.25) is 11.2 Å². The zero-order valence-corrected chi connectivity index (χ0v) is 16.0. The molecular weight excluding hydrogens is 409 g/mol. The lowest BCUT2D eigenvalue weighted by Crippen LogP contribution is -2.30. The first kappa shape index (κ1) is 19.7. The number of aromatic nitrogens is 4. The molecule has 0 N–H and O–H groups in total. The maximum Gasteiger partial charge on any atom is 0.434 e. The second-order valence-electron chi connectivity index (χ2n) is 6.66. The van der Waals surface area contributed by atoms with E-state index < -0.39 is 11.9 Å². The highest BCUT2D eigenvalue weighted by Crippen LogP contribution is 2.34. The van der Waals surface area contributed by atoms with Crippen LogP contribution in [0.3, 0.4) is 0 Å². The lowest BCUT2D eigenvalue weighted by atomic mass is 10.1. The summed E-state index contributed by atoms with van der Waals surface area (Å²) >= 11 is 5.78. The number of imidazole rings is 1. The summed E-state index contributed by atoms with van der Waals surface area (Å²) in [7, 11) is 0. The summed E-state index contributed by atoms with van der Waals surface area (Å²) in [6.45, 7) is 2.77. The number of hydrogen-bond acceptors (Lipinski definition) is 5. The Bertz CT molecular complexity index is 1020. The Morgan fingerprint density at radius 3 is 2.55 bits per heavy atom. The summed E-state index contributed by atoms with van der Waals surface area (Å²) in [5.41, 5.74) is 1.24. The van der Waals surface area contributed by atoms with Crippen LogP contribution in [0.5, 0.6) is 5.88 Å². The van der Waals surface area contributed by atoms with Crippen molar-refractivity contribution >= 4 is 11.6 Å². The maximum absolute atomic E-state index is 13.1. The molecule has 1 aliphatic rings.